The molecule has 0 unspecified atom stereocenters. The lowest BCUT2D eigenvalue weighted by Crippen LogP contribution is -2.16. The van der Waals surface area contributed by atoms with Crippen LogP contribution in [0.1, 0.15) is 11.1 Å². The Bertz CT molecular complexity index is 748. The fourth-order valence-electron chi connectivity index (χ4n) is 2.38. The molecule has 2 aromatic carbocycles. The van der Waals surface area contributed by atoms with E-state index in [1.54, 1.807) is 13.2 Å². The van der Waals surface area contributed by atoms with Crippen molar-refractivity contribution in [3.8, 4) is 17.2 Å². The van der Waals surface area contributed by atoms with Gasteiger partial charge in [-0.05, 0) is 42.8 Å². The van der Waals surface area contributed by atoms with Crippen molar-refractivity contribution in [2.75, 3.05) is 25.6 Å². The minimum Gasteiger partial charge on any atom is -0.493 e. The molecule has 24 heavy (non-hydrogen) atoms. The van der Waals surface area contributed by atoms with Gasteiger partial charge in [-0.15, -0.1) is 0 Å². The molecule has 2 aromatic rings. The number of ether oxygens (including phenoxy) is 3. The molecule has 5 heteroatoms. The van der Waals surface area contributed by atoms with Crippen molar-refractivity contribution in [2.24, 2.45) is 0 Å². The normalized spacial score (nSPS) is 12.9. The predicted molar refractivity (Wildman–Crippen MR) is 92.8 cm³/mol. The van der Waals surface area contributed by atoms with E-state index in [1.807, 2.05) is 43.3 Å². The first-order valence-electron chi connectivity index (χ1n) is 7.69. The van der Waals surface area contributed by atoms with E-state index in [2.05, 4.69) is 5.32 Å². The molecule has 0 atom stereocenters. The van der Waals surface area contributed by atoms with E-state index >= 15 is 0 Å². The van der Waals surface area contributed by atoms with Crippen LogP contribution in [0.3, 0.4) is 0 Å². The number of amides is 1. The van der Waals surface area contributed by atoms with E-state index in [0.29, 0.717) is 30.5 Å². The second kappa shape index (κ2) is 7.08. The zero-order chi connectivity index (χ0) is 16.9. The Morgan fingerprint density at radius 1 is 1.17 bits per heavy atom. The number of benzene rings is 2. The van der Waals surface area contributed by atoms with Gasteiger partial charge in [-0.1, -0.05) is 17.7 Å². The standard InChI is InChI=1S/C19H19NO4/c1-13-3-6-15(7-4-13)20-18(21)8-5-14-11-16(22-2)19-17(12-14)23-9-10-24-19/h3-8,11-12H,9-10H2,1-2H3,(H,20,21)/b8-5+. The highest BCUT2D eigenvalue weighted by atomic mass is 16.6. The molecule has 0 spiro atoms. The average Bonchev–Trinajstić information content (AvgIpc) is 2.61. The fraction of sp³-hybridized carbons (Fsp3) is 0.211. The monoisotopic (exact) mass is 325 g/mol. The predicted octanol–water partition coefficient (Wildman–Crippen LogP) is 3.43. The van der Waals surface area contributed by atoms with Crippen LogP contribution in [0.25, 0.3) is 6.08 Å². The summed E-state index contributed by atoms with van der Waals surface area (Å²) in [5.74, 6) is 1.61. The SMILES string of the molecule is COc1cc(/C=C/C(=O)Nc2ccc(C)cc2)cc2c1OCCO2. The van der Waals surface area contributed by atoms with Crippen LogP contribution in [-0.4, -0.2) is 26.2 Å². The Kier molecular flexibility index (Phi) is 4.70. The number of fused-ring (bicyclic) bond motifs is 1. The largest absolute Gasteiger partial charge is 0.493 e. The van der Waals surface area contributed by atoms with Gasteiger partial charge < -0.3 is 19.5 Å². The lowest BCUT2D eigenvalue weighted by atomic mass is 10.1. The van der Waals surface area contributed by atoms with Gasteiger partial charge in [0.15, 0.2) is 11.5 Å². The zero-order valence-corrected chi connectivity index (χ0v) is 13.7. The number of carbonyl (C=O) groups is 1. The Morgan fingerprint density at radius 3 is 2.67 bits per heavy atom. The van der Waals surface area contributed by atoms with Crippen LogP contribution >= 0.6 is 0 Å². The van der Waals surface area contributed by atoms with Gasteiger partial charge >= 0.3 is 0 Å². The van der Waals surface area contributed by atoms with Crippen LogP contribution < -0.4 is 19.5 Å². The molecule has 1 amide bonds. The summed E-state index contributed by atoms with van der Waals surface area (Å²) in [4.78, 5) is 12.0. The molecule has 3 rings (SSSR count). The highest BCUT2D eigenvalue weighted by molar-refractivity contribution is 6.02. The van der Waals surface area contributed by atoms with Crippen molar-refractivity contribution < 1.29 is 19.0 Å². The summed E-state index contributed by atoms with van der Waals surface area (Å²) in [5, 5.41) is 2.82. The number of carbonyl (C=O) groups excluding carboxylic acids is 1. The summed E-state index contributed by atoms with van der Waals surface area (Å²) >= 11 is 0. The smallest absolute Gasteiger partial charge is 0.248 e. The molecule has 0 radical (unpaired) electrons. The summed E-state index contributed by atoms with van der Waals surface area (Å²) in [5.41, 5.74) is 2.71. The van der Waals surface area contributed by atoms with Crippen molar-refractivity contribution in [1.29, 1.82) is 0 Å². The van der Waals surface area contributed by atoms with Gasteiger partial charge in [-0.2, -0.15) is 0 Å². The molecule has 0 bridgehead atoms. The average molecular weight is 325 g/mol. The topological polar surface area (TPSA) is 56.8 Å². The number of hydrogen-bond donors (Lipinski definition) is 1. The maximum atomic E-state index is 12.0. The molecule has 5 nitrogen and oxygen atoms in total. The van der Waals surface area contributed by atoms with Crippen LogP contribution in [0.5, 0.6) is 17.2 Å². The summed E-state index contributed by atoms with van der Waals surface area (Å²) in [7, 11) is 1.57. The van der Waals surface area contributed by atoms with Crippen molar-refractivity contribution in [3.05, 3.63) is 53.6 Å². The third-order valence-corrected chi connectivity index (χ3v) is 3.60. The lowest BCUT2D eigenvalue weighted by molar-refractivity contribution is -0.111. The molecule has 1 heterocycles. The first-order valence-corrected chi connectivity index (χ1v) is 7.69. The van der Waals surface area contributed by atoms with Gasteiger partial charge in [0.1, 0.15) is 13.2 Å². The van der Waals surface area contributed by atoms with Gasteiger partial charge in [0, 0.05) is 11.8 Å². The summed E-state index contributed by atoms with van der Waals surface area (Å²) in [6.07, 6.45) is 3.19. The second-order valence-electron chi connectivity index (χ2n) is 5.44. The first-order chi connectivity index (χ1) is 11.7. The molecule has 1 N–H and O–H groups in total. The van der Waals surface area contributed by atoms with Crippen molar-refractivity contribution in [3.63, 3.8) is 0 Å². The van der Waals surface area contributed by atoms with Gasteiger partial charge in [0.05, 0.1) is 7.11 Å². The molecule has 0 fully saturated rings. The second-order valence-corrected chi connectivity index (χ2v) is 5.44. The summed E-state index contributed by atoms with van der Waals surface area (Å²) < 4.78 is 16.5. The molecule has 1 aliphatic rings. The maximum absolute atomic E-state index is 12.0. The minimum atomic E-state index is -0.201. The Balaban J connectivity index is 1.73. The van der Waals surface area contributed by atoms with E-state index in [4.69, 9.17) is 14.2 Å². The van der Waals surface area contributed by atoms with E-state index < -0.39 is 0 Å². The molecule has 0 aromatic heterocycles. The highest BCUT2D eigenvalue weighted by Gasteiger charge is 2.17. The third-order valence-electron chi connectivity index (χ3n) is 3.60. The van der Waals surface area contributed by atoms with E-state index in [-0.39, 0.29) is 5.91 Å². The van der Waals surface area contributed by atoms with E-state index in [1.165, 1.54) is 6.08 Å². The van der Waals surface area contributed by atoms with Crippen LogP contribution in [-0.2, 0) is 4.79 Å². The number of hydrogen-bond acceptors (Lipinski definition) is 4. The van der Waals surface area contributed by atoms with Crippen molar-refractivity contribution in [1.82, 2.24) is 0 Å². The fourth-order valence-corrected chi connectivity index (χ4v) is 2.38. The number of aryl methyl sites for hydroxylation is 1. The third kappa shape index (κ3) is 3.68. The van der Waals surface area contributed by atoms with Gasteiger partial charge in [0.25, 0.3) is 0 Å². The summed E-state index contributed by atoms with van der Waals surface area (Å²) in [6, 6.07) is 11.3. The maximum Gasteiger partial charge on any atom is 0.248 e. The number of anilines is 1. The molecular weight excluding hydrogens is 306 g/mol. The lowest BCUT2D eigenvalue weighted by Gasteiger charge is -2.20. The van der Waals surface area contributed by atoms with Crippen LogP contribution in [0.4, 0.5) is 5.69 Å². The van der Waals surface area contributed by atoms with E-state index in [9.17, 15) is 4.79 Å². The summed E-state index contributed by atoms with van der Waals surface area (Å²) in [6.45, 7) is 3.00. The first kappa shape index (κ1) is 15.9. The van der Waals surface area contributed by atoms with Crippen molar-refractivity contribution in [2.45, 2.75) is 6.92 Å². The minimum absolute atomic E-state index is 0.201. The Hall–Kier alpha value is -2.95. The number of nitrogens with one attached hydrogen (secondary N) is 1. The molecule has 124 valence electrons. The Labute approximate surface area is 140 Å². The van der Waals surface area contributed by atoms with Gasteiger partial charge in [-0.25, -0.2) is 0 Å². The van der Waals surface area contributed by atoms with E-state index in [0.717, 1.165) is 16.8 Å². The quantitative estimate of drug-likeness (QED) is 0.875. The molecule has 0 saturated carbocycles. The number of methoxy groups -OCH3 is 1. The van der Waals surface area contributed by atoms with Crippen LogP contribution in [0.15, 0.2) is 42.5 Å². The van der Waals surface area contributed by atoms with Crippen molar-refractivity contribution >= 4 is 17.7 Å². The Morgan fingerprint density at radius 2 is 1.92 bits per heavy atom. The van der Waals surface area contributed by atoms with Crippen LogP contribution in [0, 0.1) is 6.92 Å². The molecule has 0 aliphatic carbocycles. The molecule has 1 aliphatic heterocycles. The molecular formula is C19H19NO4. The van der Waals surface area contributed by atoms with Crippen LogP contribution in [0.2, 0.25) is 0 Å². The van der Waals surface area contributed by atoms with Gasteiger partial charge in [0.2, 0.25) is 11.7 Å². The number of rotatable bonds is 4. The molecule has 0 saturated heterocycles. The highest BCUT2D eigenvalue weighted by Crippen LogP contribution is 2.40. The van der Waals surface area contributed by atoms with Gasteiger partial charge in [-0.3, -0.25) is 4.79 Å². The zero-order valence-electron chi connectivity index (χ0n) is 13.7.